The summed E-state index contributed by atoms with van der Waals surface area (Å²) in [4.78, 5) is 14.3. The molecule has 0 spiro atoms. The highest BCUT2D eigenvalue weighted by molar-refractivity contribution is 7.15. The van der Waals surface area contributed by atoms with Gasteiger partial charge < -0.3 is 16.0 Å². The SMILES string of the molecule is Nc1nnc(C2CCCN(c3ccc(NC(=O)Cc4ccccc4)nn3)C2)s1. The second-order valence-corrected chi connectivity index (χ2v) is 7.79. The Labute approximate surface area is 166 Å². The van der Waals surface area contributed by atoms with Gasteiger partial charge in [0.15, 0.2) is 11.6 Å². The summed E-state index contributed by atoms with van der Waals surface area (Å²) in [6.07, 6.45) is 2.41. The molecule has 1 atom stereocenters. The van der Waals surface area contributed by atoms with E-state index in [1.807, 2.05) is 36.4 Å². The molecule has 1 aromatic carbocycles. The van der Waals surface area contributed by atoms with Crippen LogP contribution in [0.1, 0.15) is 29.3 Å². The molecule has 8 nitrogen and oxygen atoms in total. The predicted octanol–water partition coefficient (Wildman–Crippen LogP) is 2.48. The molecule has 28 heavy (non-hydrogen) atoms. The first kappa shape index (κ1) is 18.3. The Morgan fingerprint density at radius 3 is 2.71 bits per heavy atom. The second kappa shape index (κ2) is 8.30. The Morgan fingerprint density at radius 2 is 2.00 bits per heavy atom. The van der Waals surface area contributed by atoms with Gasteiger partial charge in [0, 0.05) is 19.0 Å². The average Bonchev–Trinajstić information content (AvgIpc) is 3.16. The van der Waals surface area contributed by atoms with Crippen LogP contribution in [-0.4, -0.2) is 39.4 Å². The number of carbonyl (C=O) groups excluding carboxylic acids is 1. The van der Waals surface area contributed by atoms with Crippen LogP contribution in [-0.2, 0) is 11.2 Å². The molecule has 0 saturated carbocycles. The molecule has 1 aliphatic rings. The van der Waals surface area contributed by atoms with Gasteiger partial charge in [-0.2, -0.15) is 0 Å². The van der Waals surface area contributed by atoms with E-state index in [1.54, 1.807) is 6.07 Å². The number of anilines is 3. The van der Waals surface area contributed by atoms with Crippen molar-refractivity contribution in [2.75, 3.05) is 29.0 Å². The molecule has 144 valence electrons. The number of nitrogens with two attached hydrogens (primary N) is 1. The minimum Gasteiger partial charge on any atom is -0.374 e. The van der Waals surface area contributed by atoms with E-state index in [-0.39, 0.29) is 5.91 Å². The Bertz CT molecular complexity index is 929. The summed E-state index contributed by atoms with van der Waals surface area (Å²) in [5.41, 5.74) is 6.67. The number of rotatable bonds is 5. The summed E-state index contributed by atoms with van der Waals surface area (Å²) in [7, 11) is 0. The lowest BCUT2D eigenvalue weighted by molar-refractivity contribution is -0.115. The molecule has 1 saturated heterocycles. The van der Waals surface area contributed by atoms with Gasteiger partial charge in [-0.1, -0.05) is 41.7 Å². The summed E-state index contributed by atoms with van der Waals surface area (Å²) in [6, 6.07) is 13.3. The van der Waals surface area contributed by atoms with Crippen molar-refractivity contribution in [1.29, 1.82) is 0 Å². The van der Waals surface area contributed by atoms with Gasteiger partial charge in [0.05, 0.1) is 6.42 Å². The predicted molar refractivity (Wildman–Crippen MR) is 109 cm³/mol. The van der Waals surface area contributed by atoms with E-state index in [0.717, 1.165) is 42.3 Å². The van der Waals surface area contributed by atoms with E-state index >= 15 is 0 Å². The van der Waals surface area contributed by atoms with Gasteiger partial charge in [-0.05, 0) is 30.5 Å². The summed E-state index contributed by atoms with van der Waals surface area (Å²) in [5, 5.41) is 20.8. The van der Waals surface area contributed by atoms with Gasteiger partial charge in [0.1, 0.15) is 5.01 Å². The number of amides is 1. The van der Waals surface area contributed by atoms with Gasteiger partial charge in [0.2, 0.25) is 11.0 Å². The number of aromatic nitrogens is 4. The van der Waals surface area contributed by atoms with Crippen LogP contribution >= 0.6 is 11.3 Å². The van der Waals surface area contributed by atoms with E-state index in [9.17, 15) is 4.79 Å². The lowest BCUT2D eigenvalue weighted by Gasteiger charge is -2.32. The monoisotopic (exact) mass is 395 g/mol. The smallest absolute Gasteiger partial charge is 0.229 e. The van der Waals surface area contributed by atoms with Crippen molar-refractivity contribution in [3.8, 4) is 0 Å². The summed E-state index contributed by atoms with van der Waals surface area (Å²) in [5.74, 6) is 1.44. The number of carbonyl (C=O) groups is 1. The van der Waals surface area contributed by atoms with Gasteiger partial charge in [-0.3, -0.25) is 4.79 Å². The molecule has 1 unspecified atom stereocenters. The molecule has 1 amide bonds. The largest absolute Gasteiger partial charge is 0.374 e. The number of hydrogen-bond acceptors (Lipinski definition) is 8. The van der Waals surface area contributed by atoms with Crippen LogP contribution in [0.2, 0.25) is 0 Å². The van der Waals surface area contributed by atoms with E-state index in [4.69, 9.17) is 5.73 Å². The first-order chi connectivity index (χ1) is 13.7. The first-order valence-electron chi connectivity index (χ1n) is 9.19. The molecule has 4 rings (SSSR count). The summed E-state index contributed by atoms with van der Waals surface area (Å²) in [6.45, 7) is 1.72. The maximum absolute atomic E-state index is 12.2. The molecule has 9 heteroatoms. The molecule has 3 heterocycles. The molecular formula is C19H21N7OS. The minimum absolute atomic E-state index is 0.111. The van der Waals surface area contributed by atoms with Gasteiger partial charge >= 0.3 is 0 Å². The Kier molecular flexibility index (Phi) is 5.43. The van der Waals surface area contributed by atoms with Crippen LogP contribution in [0.15, 0.2) is 42.5 Å². The highest BCUT2D eigenvalue weighted by Gasteiger charge is 2.25. The maximum Gasteiger partial charge on any atom is 0.229 e. The van der Waals surface area contributed by atoms with Crippen LogP contribution in [0.4, 0.5) is 16.8 Å². The van der Waals surface area contributed by atoms with Crippen molar-refractivity contribution in [2.45, 2.75) is 25.2 Å². The molecule has 2 aromatic heterocycles. The Hall–Kier alpha value is -3.07. The third kappa shape index (κ3) is 4.42. The van der Waals surface area contributed by atoms with Gasteiger partial charge in [-0.15, -0.1) is 20.4 Å². The molecule has 1 aliphatic heterocycles. The van der Waals surface area contributed by atoms with E-state index in [1.165, 1.54) is 11.3 Å². The second-order valence-electron chi connectivity index (χ2n) is 6.75. The molecular weight excluding hydrogens is 374 g/mol. The van der Waals surface area contributed by atoms with Crippen LogP contribution in [0.3, 0.4) is 0 Å². The van der Waals surface area contributed by atoms with E-state index < -0.39 is 0 Å². The van der Waals surface area contributed by atoms with Crippen molar-refractivity contribution in [1.82, 2.24) is 20.4 Å². The average molecular weight is 395 g/mol. The fraction of sp³-hybridized carbons (Fsp3) is 0.316. The number of benzene rings is 1. The van der Waals surface area contributed by atoms with Crippen molar-refractivity contribution in [2.24, 2.45) is 0 Å². The maximum atomic E-state index is 12.2. The Morgan fingerprint density at radius 1 is 1.14 bits per heavy atom. The quantitative estimate of drug-likeness (QED) is 0.683. The molecule has 0 bridgehead atoms. The van der Waals surface area contributed by atoms with Crippen molar-refractivity contribution < 1.29 is 4.79 Å². The lowest BCUT2D eigenvalue weighted by atomic mass is 9.99. The van der Waals surface area contributed by atoms with E-state index in [0.29, 0.717) is 23.3 Å². The van der Waals surface area contributed by atoms with Crippen molar-refractivity contribution in [3.05, 3.63) is 53.0 Å². The molecule has 3 N–H and O–H groups in total. The summed E-state index contributed by atoms with van der Waals surface area (Å²) < 4.78 is 0. The molecule has 3 aromatic rings. The number of nitrogen functional groups attached to an aromatic ring is 1. The highest BCUT2D eigenvalue weighted by Crippen LogP contribution is 2.31. The fourth-order valence-electron chi connectivity index (χ4n) is 3.33. The highest BCUT2D eigenvalue weighted by atomic mass is 32.1. The van der Waals surface area contributed by atoms with Crippen molar-refractivity contribution in [3.63, 3.8) is 0 Å². The van der Waals surface area contributed by atoms with Crippen LogP contribution in [0.25, 0.3) is 0 Å². The first-order valence-corrected chi connectivity index (χ1v) is 10.0. The van der Waals surface area contributed by atoms with Gasteiger partial charge in [0.25, 0.3) is 0 Å². The van der Waals surface area contributed by atoms with Crippen molar-refractivity contribution >= 4 is 34.0 Å². The zero-order valence-corrected chi connectivity index (χ0v) is 16.1. The third-order valence-corrected chi connectivity index (χ3v) is 5.59. The number of nitrogens with one attached hydrogen (secondary N) is 1. The van der Waals surface area contributed by atoms with Crippen LogP contribution in [0.5, 0.6) is 0 Å². The van der Waals surface area contributed by atoms with E-state index in [2.05, 4.69) is 30.6 Å². The topological polar surface area (TPSA) is 110 Å². The zero-order valence-electron chi connectivity index (χ0n) is 15.3. The normalized spacial score (nSPS) is 16.7. The molecule has 1 fully saturated rings. The van der Waals surface area contributed by atoms with Crippen LogP contribution < -0.4 is 16.0 Å². The third-order valence-electron chi connectivity index (χ3n) is 4.68. The molecule has 0 radical (unpaired) electrons. The van der Waals surface area contributed by atoms with Gasteiger partial charge in [-0.25, -0.2) is 0 Å². The number of hydrogen-bond donors (Lipinski definition) is 2. The molecule has 0 aliphatic carbocycles. The standard InChI is InChI=1S/C19H21N7OS/c20-19-25-24-18(28-19)14-7-4-10-26(12-14)16-9-8-15(22-23-16)21-17(27)11-13-5-2-1-3-6-13/h1-3,5-6,8-9,14H,4,7,10-12H2,(H2,20,25)(H,21,22,27). The fourth-order valence-corrected chi connectivity index (χ4v) is 4.06. The minimum atomic E-state index is -0.111. The number of piperidine rings is 1. The van der Waals surface area contributed by atoms with Crippen LogP contribution in [0, 0.1) is 0 Å². The zero-order chi connectivity index (χ0) is 19.3. The Balaban J connectivity index is 1.36. The number of nitrogens with zero attached hydrogens (tertiary/aromatic N) is 5. The lowest BCUT2D eigenvalue weighted by Crippen LogP contribution is -2.35. The summed E-state index contributed by atoms with van der Waals surface area (Å²) >= 11 is 1.45.